The van der Waals surface area contributed by atoms with Gasteiger partial charge in [0.15, 0.2) is 0 Å². The van der Waals surface area contributed by atoms with Crippen molar-refractivity contribution >= 4 is 5.91 Å². The minimum Gasteiger partial charge on any atom is -0.369 e. The van der Waals surface area contributed by atoms with E-state index >= 15 is 0 Å². The molecule has 2 N–H and O–H groups in total. The summed E-state index contributed by atoms with van der Waals surface area (Å²) in [6.07, 6.45) is 0.162. The van der Waals surface area contributed by atoms with Gasteiger partial charge in [-0.05, 0) is 20.0 Å². The second-order valence-corrected chi connectivity index (χ2v) is 4.75. The predicted molar refractivity (Wildman–Crippen MR) is 65.6 cm³/mol. The monoisotopic (exact) mass is 239 g/mol. The van der Waals surface area contributed by atoms with Crippen molar-refractivity contribution < 1.29 is 4.79 Å². The molecule has 0 spiro atoms. The molecule has 1 aromatic heterocycles. The minimum absolute atomic E-state index is 0.162. The third kappa shape index (κ3) is 3.81. The average molecular weight is 239 g/mol. The zero-order valence-corrected chi connectivity index (χ0v) is 11.0. The Labute approximate surface area is 102 Å². The molecule has 0 aliphatic rings. The molecule has 96 valence electrons. The van der Waals surface area contributed by atoms with Gasteiger partial charge in [-0.25, -0.2) is 4.68 Å². The average Bonchev–Trinajstić information content (AvgIpc) is 2.56. The Hall–Kier alpha value is -1.43. The number of nitrogens with zero attached hydrogens (tertiary/aromatic N) is 4. The first-order valence-corrected chi connectivity index (χ1v) is 5.77. The van der Waals surface area contributed by atoms with Crippen molar-refractivity contribution in [3.63, 3.8) is 0 Å². The molecule has 0 saturated heterocycles. The van der Waals surface area contributed by atoms with Crippen molar-refractivity contribution in [2.24, 2.45) is 5.73 Å². The van der Waals surface area contributed by atoms with Gasteiger partial charge in [0.2, 0.25) is 5.91 Å². The van der Waals surface area contributed by atoms with Crippen LogP contribution in [0.15, 0.2) is 0 Å². The lowest BCUT2D eigenvalue weighted by Gasteiger charge is -2.13. The second-order valence-electron chi connectivity index (χ2n) is 4.75. The maximum atomic E-state index is 11.0. The molecule has 0 atom stereocenters. The number of primary amides is 1. The Morgan fingerprint density at radius 3 is 2.59 bits per heavy atom. The van der Waals surface area contributed by atoms with Crippen molar-refractivity contribution in [2.45, 2.75) is 32.7 Å². The zero-order chi connectivity index (χ0) is 13.0. The number of hydrogen-bond acceptors (Lipinski definition) is 4. The molecule has 0 radical (unpaired) electrons. The summed E-state index contributed by atoms with van der Waals surface area (Å²) in [6, 6.07) is 0. The molecule has 0 fully saturated rings. The molecule has 1 rings (SSSR count). The zero-order valence-electron chi connectivity index (χ0n) is 11.0. The number of rotatable bonds is 6. The summed E-state index contributed by atoms with van der Waals surface area (Å²) in [5.41, 5.74) is 6.91. The highest BCUT2D eigenvalue weighted by Crippen LogP contribution is 2.17. The first-order valence-electron chi connectivity index (χ1n) is 5.77. The molecule has 1 heterocycles. The van der Waals surface area contributed by atoms with E-state index in [1.54, 1.807) is 0 Å². The third-order valence-electron chi connectivity index (χ3n) is 2.49. The molecule has 6 heteroatoms. The summed E-state index contributed by atoms with van der Waals surface area (Å²) in [5.74, 6) is -0.0897. The summed E-state index contributed by atoms with van der Waals surface area (Å²) in [4.78, 5) is 13.0. The number of hydrogen-bond donors (Lipinski definition) is 1. The number of nitrogens with two attached hydrogens (primary N) is 1. The Morgan fingerprint density at radius 2 is 2.12 bits per heavy atom. The summed E-state index contributed by atoms with van der Waals surface area (Å²) < 4.78 is 1.86. The van der Waals surface area contributed by atoms with E-state index in [0.717, 1.165) is 18.8 Å². The first kappa shape index (κ1) is 13.6. The summed E-state index contributed by atoms with van der Waals surface area (Å²) in [5, 5.41) is 8.14. The van der Waals surface area contributed by atoms with Crippen molar-refractivity contribution in [1.82, 2.24) is 19.9 Å². The number of likely N-dealkylation sites (N-methyl/N-ethyl adjacent to an activating group) is 1. The van der Waals surface area contributed by atoms with Crippen LogP contribution < -0.4 is 5.73 Å². The lowest BCUT2D eigenvalue weighted by Crippen LogP contribution is -2.21. The molecule has 0 unspecified atom stereocenters. The molecular weight excluding hydrogens is 218 g/mol. The van der Waals surface area contributed by atoms with Gasteiger partial charge in [0.1, 0.15) is 0 Å². The van der Waals surface area contributed by atoms with Gasteiger partial charge in [-0.3, -0.25) is 4.79 Å². The van der Waals surface area contributed by atoms with Gasteiger partial charge in [0.05, 0.1) is 24.4 Å². The maximum Gasteiger partial charge on any atom is 0.223 e. The molecular formula is C11H21N5O. The summed E-state index contributed by atoms with van der Waals surface area (Å²) >= 11 is 0. The maximum absolute atomic E-state index is 11.0. The van der Waals surface area contributed by atoms with E-state index in [-0.39, 0.29) is 18.2 Å². The fourth-order valence-corrected chi connectivity index (χ4v) is 1.74. The van der Waals surface area contributed by atoms with Crippen LogP contribution in [0.1, 0.15) is 31.2 Å². The van der Waals surface area contributed by atoms with Crippen molar-refractivity contribution in [1.29, 1.82) is 0 Å². The molecule has 6 nitrogen and oxygen atoms in total. The lowest BCUT2D eigenvalue weighted by molar-refractivity contribution is -0.117. The normalized spacial score (nSPS) is 11.4. The molecule has 0 saturated carbocycles. The van der Waals surface area contributed by atoms with Crippen LogP contribution in [0, 0.1) is 0 Å². The number of aromatic nitrogens is 3. The topological polar surface area (TPSA) is 77.0 Å². The van der Waals surface area contributed by atoms with Gasteiger partial charge in [-0.1, -0.05) is 19.1 Å². The van der Waals surface area contributed by atoms with Gasteiger partial charge in [-0.15, -0.1) is 5.10 Å². The van der Waals surface area contributed by atoms with Crippen LogP contribution in [0.2, 0.25) is 0 Å². The van der Waals surface area contributed by atoms with E-state index < -0.39 is 0 Å². The highest BCUT2D eigenvalue weighted by Gasteiger charge is 2.17. The van der Waals surface area contributed by atoms with Crippen LogP contribution in [0.5, 0.6) is 0 Å². The van der Waals surface area contributed by atoms with Crippen LogP contribution in [0.4, 0.5) is 0 Å². The van der Waals surface area contributed by atoms with Gasteiger partial charge >= 0.3 is 0 Å². The van der Waals surface area contributed by atoms with Crippen LogP contribution in [-0.2, 0) is 17.8 Å². The molecule has 0 bridgehead atoms. The van der Waals surface area contributed by atoms with E-state index in [1.807, 2.05) is 18.8 Å². The lowest BCUT2D eigenvalue weighted by atomic mass is 10.1. The smallest absolute Gasteiger partial charge is 0.223 e. The number of carbonyl (C=O) groups excluding carboxylic acids is 1. The molecule has 17 heavy (non-hydrogen) atoms. The highest BCUT2D eigenvalue weighted by atomic mass is 16.1. The fraction of sp³-hybridized carbons (Fsp3) is 0.727. The number of carbonyl (C=O) groups is 1. The standard InChI is InChI=1S/C11H21N5O/c1-8(2)11-9(7-10(12)17)13-14-16(11)6-5-15(3)4/h8H,5-7H2,1-4H3,(H2,12,17). The Morgan fingerprint density at radius 1 is 1.47 bits per heavy atom. The predicted octanol–water partition coefficient (Wildman–Crippen LogP) is -0.00910. The molecule has 0 aliphatic carbocycles. The third-order valence-corrected chi connectivity index (χ3v) is 2.49. The molecule has 1 aromatic rings. The van der Waals surface area contributed by atoms with Crippen molar-refractivity contribution in [3.05, 3.63) is 11.4 Å². The first-order chi connectivity index (χ1) is 7.91. The van der Waals surface area contributed by atoms with Crippen molar-refractivity contribution in [3.8, 4) is 0 Å². The van der Waals surface area contributed by atoms with Gasteiger partial charge in [0, 0.05) is 6.54 Å². The SMILES string of the molecule is CC(C)c1c(CC(N)=O)nnn1CCN(C)C. The quantitative estimate of drug-likeness (QED) is 0.757. The van der Waals surface area contributed by atoms with Gasteiger partial charge in [-0.2, -0.15) is 0 Å². The van der Waals surface area contributed by atoms with Gasteiger partial charge < -0.3 is 10.6 Å². The Kier molecular flexibility index (Phi) is 4.62. The summed E-state index contributed by atoms with van der Waals surface area (Å²) in [7, 11) is 4.02. The molecule has 0 aromatic carbocycles. The van der Waals surface area contributed by atoms with E-state index in [1.165, 1.54) is 0 Å². The van der Waals surface area contributed by atoms with Gasteiger partial charge in [0.25, 0.3) is 0 Å². The van der Waals surface area contributed by atoms with E-state index in [2.05, 4.69) is 29.1 Å². The van der Waals surface area contributed by atoms with E-state index in [9.17, 15) is 4.79 Å². The summed E-state index contributed by atoms with van der Waals surface area (Å²) in [6.45, 7) is 5.79. The van der Waals surface area contributed by atoms with Crippen LogP contribution in [0.3, 0.4) is 0 Å². The number of amides is 1. The Bertz CT molecular complexity index is 383. The van der Waals surface area contributed by atoms with Crippen LogP contribution in [0.25, 0.3) is 0 Å². The van der Waals surface area contributed by atoms with E-state index in [0.29, 0.717) is 5.69 Å². The van der Waals surface area contributed by atoms with Crippen LogP contribution in [-0.4, -0.2) is 46.4 Å². The fourth-order valence-electron chi connectivity index (χ4n) is 1.74. The second kappa shape index (κ2) is 5.77. The minimum atomic E-state index is -0.369. The largest absolute Gasteiger partial charge is 0.369 e. The van der Waals surface area contributed by atoms with Crippen LogP contribution >= 0.6 is 0 Å². The highest BCUT2D eigenvalue weighted by molar-refractivity contribution is 5.76. The van der Waals surface area contributed by atoms with Crippen molar-refractivity contribution in [2.75, 3.05) is 20.6 Å². The molecule has 0 aliphatic heterocycles. The Balaban J connectivity index is 2.90. The molecule has 1 amide bonds. The van der Waals surface area contributed by atoms with E-state index in [4.69, 9.17) is 5.73 Å².